The lowest BCUT2D eigenvalue weighted by atomic mass is 10.4. The number of nitrogen functional groups attached to an aromatic ring is 1. The Morgan fingerprint density at radius 3 is 2.65 bits per heavy atom. The molecule has 4 nitrogen and oxygen atoms in total. The van der Waals surface area contributed by atoms with Crippen molar-refractivity contribution in [3.63, 3.8) is 0 Å². The van der Waals surface area contributed by atoms with Crippen LogP contribution < -0.4 is 11.3 Å². The van der Waals surface area contributed by atoms with Crippen LogP contribution in [0.4, 0.5) is 5.82 Å². The molecule has 0 radical (unpaired) electrons. The first-order valence-corrected chi connectivity index (χ1v) is 6.18. The van der Waals surface area contributed by atoms with Gasteiger partial charge in [0.1, 0.15) is 17.2 Å². The minimum absolute atomic E-state index is 0.517. The van der Waals surface area contributed by atoms with Crippen molar-refractivity contribution in [1.29, 1.82) is 0 Å². The van der Waals surface area contributed by atoms with E-state index in [4.69, 9.17) is 29.0 Å². The third kappa shape index (κ3) is 3.23. The number of nitrogens with zero attached hydrogens (tertiary/aromatic N) is 2. The van der Waals surface area contributed by atoms with E-state index in [1.165, 1.54) is 18.1 Å². The van der Waals surface area contributed by atoms with Crippen LogP contribution in [0, 0.1) is 0 Å². The molecule has 2 aromatic rings. The normalized spacial score (nSPS) is 10.3. The predicted molar refractivity (Wildman–Crippen MR) is 70.4 cm³/mol. The van der Waals surface area contributed by atoms with Gasteiger partial charge in [0.25, 0.3) is 0 Å². The number of halogens is 2. The van der Waals surface area contributed by atoms with Gasteiger partial charge in [-0.25, -0.2) is 15.8 Å². The highest BCUT2D eigenvalue weighted by molar-refractivity contribution is 7.99. The smallest absolute Gasteiger partial charge is 0.144 e. The van der Waals surface area contributed by atoms with Gasteiger partial charge in [-0.2, -0.15) is 0 Å². The molecular weight excluding hydrogens is 279 g/mol. The molecule has 88 valence electrons. The molecule has 1 aromatic carbocycles. The van der Waals surface area contributed by atoms with E-state index in [0.717, 1.165) is 9.92 Å². The molecule has 1 aromatic heterocycles. The number of nitrogens with two attached hydrogens (primary N) is 1. The first-order valence-electron chi connectivity index (χ1n) is 4.60. The zero-order valence-electron chi connectivity index (χ0n) is 8.52. The molecule has 0 aliphatic rings. The average Bonchev–Trinajstić information content (AvgIpc) is 2.34. The summed E-state index contributed by atoms with van der Waals surface area (Å²) in [5.74, 6) is 5.83. The Bertz CT molecular complexity index is 535. The fourth-order valence-electron chi connectivity index (χ4n) is 1.14. The van der Waals surface area contributed by atoms with Crippen molar-refractivity contribution in [1.82, 2.24) is 9.97 Å². The monoisotopic (exact) mass is 286 g/mol. The quantitative estimate of drug-likeness (QED) is 0.515. The predicted octanol–water partition coefficient (Wildman–Crippen LogP) is 3.22. The molecule has 0 aliphatic heterocycles. The second-order valence-corrected chi connectivity index (χ2v) is 4.97. The number of nitrogens with one attached hydrogen (secondary N) is 1. The van der Waals surface area contributed by atoms with E-state index in [0.29, 0.717) is 15.9 Å². The maximum absolute atomic E-state index is 5.93. The molecule has 0 atom stereocenters. The summed E-state index contributed by atoms with van der Waals surface area (Å²) < 4.78 is 0. The summed E-state index contributed by atoms with van der Waals surface area (Å²) in [6, 6.07) is 7.14. The first-order chi connectivity index (χ1) is 8.19. The summed E-state index contributed by atoms with van der Waals surface area (Å²) in [5, 5.41) is 1.82. The molecule has 0 saturated heterocycles. The van der Waals surface area contributed by atoms with E-state index < -0.39 is 0 Å². The fourth-order valence-corrected chi connectivity index (χ4v) is 2.32. The Morgan fingerprint density at radius 2 is 1.94 bits per heavy atom. The van der Waals surface area contributed by atoms with Crippen molar-refractivity contribution in [2.24, 2.45) is 5.84 Å². The first kappa shape index (κ1) is 12.4. The molecule has 3 N–H and O–H groups in total. The minimum atomic E-state index is 0.517. The molecule has 0 aliphatic carbocycles. The number of aromatic nitrogens is 2. The third-order valence-corrected chi connectivity index (χ3v) is 3.56. The van der Waals surface area contributed by atoms with Gasteiger partial charge in [-0.15, -0.1) is 0 Å². The van der Waals surface area contributed by atoms with Crippen molar-refractivity contribution in [2.75, 3.05) is 5.43 Å². The van der Waals surface area contributed by atoms with E-state index >= 15 is 0 Å². The van der Waals surface area contributed by atoms with Crippen LogP contribution in [0.15, 0.2) is 40.5 Å². The zero-order chi connectivity index (χ0) is 12.3. The second kappa shape index (κ2) is 5.55. The summed E-state index contributed by atoms with van der Waals surface area (Å²) in [4.78, 5) is 8.98. The van der Waals surface area contributed by atoms with Gasteiger partial charge in [-0.05, 0) is 18.2 Å². The van der Waals surface area contributed by atoms with E-state index in [9.17, 15) is 0 Å². The van der Waals surface area contributed by atoms with Crippen LogP contribution >= 0.6 is 35.0 Å². The molecule has 0 spiro atoms. The number of hydrogen-bond donors (Lipinski definition) is 2. The fraction of sp³-hybridized carbons (Fsp3) is 0. The van der Waals surface area contributed by atoms with Gasteiger partial charge < -0.3 is 5.43 Å². The summed E-state index contributed by atoms with van der Waals surface area (Å²) in [7, 11) is 0. The Hall–Kier alpha value is -1.01. The Kier molecular flexibility index (Phi) is 4.06. The summed E-state index contributed by atoms with van der Waals surface area (Å²) >= 11 is 13.2. The Labute approximate surface area is 113 Å². The molecule has 0 amide bonds. The maximum Gasteiger partial charge on any atom is 0.144 e. The number of rotatable bonds is 3. The van der Waals surface area contributed by atoms with Crippen LogP contribution in [0.5, 0.6) is 0 Å². The van der Waals surface area contributed by atoms with Gasteiger partial charge in [0.2, 0.25) is 0 Å². The topological polar surface area (TPSA) is 63.8 Å². The maximum atomic E-state index is 5.93. The van der Waals surface area contributed by atoms with Crippen LogP contribution in [0.3, 0.4) is 0 Å². The van der Waals surface area contributed by atoms with E-state index in [2.05, 4.69) is 15.4 Å². The summed E-state index contributed by atoms with van der Waals surface area (Å²) in [6.45, 7) is 0. The molecule has 7 heteroatoms. The van der Waals surface area contributed by atoms with E-state index in [1.54, 1.807) is 18.2 Å². The van der Waals surface area contributed by atoms with Crippen molar-refractivity contribution in [3.05, 3.63) is 40.6 Å². The van der Waals surface area contributed by atoms with Gasteiger partial charge in [-0.3, -0.25) is 0 Å². The molecule has 0 saturated carbocycles. The van der Waals surface area contributed by atoms with Crippen LogP contribution in [-0.2, 0) is 0 Å². The standard InChI is InChI=1S/C10H8Cl2N4S/c11-7-2-1-6(3-8(7)12)17-10-4-9(16-13)14-5-15-10/h1-5H,13H2,(H,14,15,16). The highest BCUT2D eigenvalue weighted by atomic mass is 35.5. The second-order valence-electron chi connectivity index (χ2n) is 3.06. The van der Waals surface area contributed by atoms with Crippen molar-refractivity contribution >= 4 is 40.8 Å². The molecule has 0 unspecified atom stereocenters. The molecule has 2 rings (SSSR count). The highest BCUT2D eigenvalue weighted by Crippen LogP contribution is 2.31. The van der Waals surface area contributed by atoms with Crippen molar-refractivity contribution in [3.8, 4) is 0 Å². The largest absolute Gasteiger partial charge is 0.308 e. The van der Waals surface area contributed by atoms with Crippen LogP contribution in [0.2, 0.25) is 10.0 Å². The lowest BCUT2D eigenvalue weighted by Gasteiger charge is -2.04. The third-order valence-electron chi connectivity index (χ3n) is 1.90. The average molecular weight is 287 g/mol. The molecule has 17 heavy (non-hydrogen) atoms. The van der Waals surface area contributed by atoms with Gasteiger partial charge in [0.05, 0.1) is 10.0 Å². The summed E-state index contributed by atoms with van der Waals surface area (Å²) in [6.07, 6.45) is 1.44. The Balaban J connectivity index is 2.22. The van der Waals surface area contributed by atoms with E-state index in [1.807, 2.05) is 6.07 Å². The lowest BCUT2D eigenvalue weighted by molar-refractivity contribution is 1.04. The Morgan fingerprint density at radius 1 is 1.12 bits per heavy atom. The van der Waals surface area contributed by atoms with Gasteiger partial charge in [-0.1, -0.05) is 35.0 Å². The number of anilines is 1. The highest BCUT2D eigenvalue weighted by Gasteiger charge is 2.03. The van der Waals surface area contributed by atoms with Crippen LogP contribution in [0.1, 0.15) is 0 Å². The molecule has 0 bridgehead atoms. The van der Waals surface area contributed by atoms with Crippen molar-refractivity contribution < 1.29 is 0 Å². The number of benzene rings is 1. The van der Waals surface area contributed by atoms with E-state index in [-0.39, 0.29) is 0 Å². The minimum Gasteiger partial charge on any atom is -0.308 e. The van der Waals surface area contributed by atoms with Crippen LogP contribution in [0.25, 0.3) is 0 Å². The summed E-state index contributed by atoms with van der Waals surface area (Å²) in [5.41, 5.74) is 2.46. The SMILES string of the molecule is NNc1cc(Sc2ccc(Cl)c(Cl)c2)ncn1. The number of hydrogen-bond acceptors (Lipinski definition) is 5. The van der Waals surface area contributed by atoms with Gasteiger partial charge >= 0.3 is 0 Å². The number of hydrazine groups is 1. The van der Waals surface area contributed by atoms with Crippen LogP contribution in [-0.4, -0.2) is 9.97 Å². The molecule has 1 heterocycles. The molecular formula is C10H8Cl2N4S. The van der Waals surface area contributed by atoms with Gasteiger partial charge in [0, 0.05) is 11.0 Å². The molecule has 0 fully saturated rings. The van der Waals surface area contributed by atoms with Crippen molar-refractivity contribution in [2.45, 2.75) is 9.92 Å². The lowest BCUT2D eigenvalue weighted by Crippen LogP contribution is -2.08. The zero-order valence-corrected chi connectivity index (χ0v) is 10.9. The van der Waals surface area contributed by atoms with Gasteiger partial charge in [0.15, 0.2) is 0 Å².